The summed E-state index contributed by atoms with van der Waals surface area (Å²) < 4.78 is 2.42. The lowest BCUT2D eigenvalue weighted by molar-refractivity contribution is 0.332. The van der Waals surface area contributed by atoms with E-state index in [0.717, 1.165) is 0 Å². The van der Waals surface area contributed by atoms with Gasteiger partial charge in [-0.15, -0.1) is 0 Å². The van der Waals surface area contributed by atoms with Crippen LogP contribution < -0.4 is 20.7 Å². The first-order valence-electron chi connectivity index (χ1n) is 16.7. The van der Waals surface area contributed by atoms with Crippen LogP contribution in [0.1, 0.15) is 51.7 Å². The molecular weight excluding hydrogens is 571 g/mol. The lowest BCUT2D eigenvalue weighted by Gasteiger charge is -2.43. The highest BCUT2D eigenvalue weighted by Crippen LogP contribution is 2.45. The molecule has 1 nitrogen and oxygen atoms in total. The molecule has 7 aromatic rings. The first-order chi connectivity index (χ1) is 22.3. The predicted octanol–water partition coefficient (Wildman–Crippen LogP) is 8.51. The summed E-state index contributed by atoms with van der Waals surface area (Å²) in [6.45, 7) is 9.74. The Morgan fingerprint density at radius 2 is 0.870 bits per heavy atom. The Balaban J connectivity index is 1.40. The standard InChI is InChI=1S/C44H41NSi/c1-43(2)29-30-44(3,4)40-31-36(27-28-39(40)43)46(33-15-7-5-8-16-33,34-17-9-6-10-18-34)35-25-23-32(24-26-35)45-41-21-13-11-19-37(41)38-20-12-14-22-42(38)45/h5-28,31H,29-30H2,1-4H3. The highest BCUT2D eigenvalue weighted by Gasteiger charge is 2.44. The van der Waals surface area contributed by atoms with Gasteiger partial charge in [0.15, 0.2) is 8.07 Å². The van der Waals surface area contributed by atoms with Crippen LogP contribution in [0, 0.1) is 0 Å². The van der Waals surface area contributed by atoms with Crippen molar-refractivity contribution in [3.63, 3.8) is 0 Å². The van der Waals surface area contributed by atoms with Gasteiger partial charge in [0.2, 0.25) is 0 Å². The zero-order chi connectivity index (χ0) is 31.5. The summed E-state index contributed by atoms with van der Waals surface area (Å²) in [6, 6.07) is 57.3. The fourth-order valence-electron chi connectivity index (χ4n) is 8.26. The summed E-state index contributed by atoms with van der Waals surface area (Å²) in [6.07, 6.45) is 2.42. The van der Waals surface area contributed by atoms with Crippen molar-refractivity contribution in [3.05, 3.63) is 163 Å². The molecule has 2 heteroatoms. The van der Waals surface area contributed by atoms with Crippen molar-refractivity contribution in [2.75, 3.05) is 0 Å². The van der Waals surface area contributed by atoms with Crippen LogP contribution in [0.4, 0.5) is 0 Å². The van der Waals surface area contributed by atoms with Crippen LogP contribution in [0.3, 0.4) is 0 Å². The van der Waals surface area contributed by atoms with E-state index in [0.29, 0.717) is 0 Å². The second-order valence-corrected chi connectivity index (χ2v) is 18.2. The number of hydrogen-bond donors (Lipinski definition) is 0. The summed E-state index contributed by atoms with van der Waals surface area (Å²) in [5.74, 6) is 0. The van der Waals surface area contributed by atoms with E-state index < -0.39 is 8.07 Å². The fraction of sp³-hybridized carbons (Fsp3) is 0.182. The third kappa shape index (κ3) is 4.35. The minimum atomic E-state index is -2.69. The second kappa shape index (κ2) is 10.7. The summed E-state index contributed by atoms with van der Waals surface area (Å²) >= 11 is 0. The van der Waals surface area contributed by atoms with Gasteiger partial charge < -0.3 is 4.57 Å². The molecule has 46 heavy (non-hydrogen) atoms. The van der Waals surface area contributed by atoms with Gasteiger partial charge in [0.25, 0.3) is 0 Å². The summed E-state index contributed by atoms with van der Waals surface area (Å²) in [5.41, 5.74) is 7.02. The third-order valence-electron chi connectivity index (χ3n) is 10.8. The summed E-state index contributed by atoms with van der Waals surface area (Å²) in [7, 11) is -2.69. The lowest BCUT2D eigenvalue weighted by atomic mass is 9.63. The Bertz CT molecular complexity index is 2090. The number of benzene rings is 6. The molecule has 6 aromatic carbocycles. The van der Waals surface area contributed by atoms with Crippen molar-refractivity contribution in [3.8, 4) is 5.69 Å². The van der Waals surface area contributed by atoms with Gasteiger partial charge >= 0.3 is 0 Å². The van der Waals surface area contributed by atoms with Gasteiger partial charge in [0, 0.05) is 16.5 Å². The van der Waals surface area contributed by atoms with Gasteiger partial charge in [-0.25, -0.2) is 0 Å². The molecule has 1 aliphatic rings. The van der Waals surface area contributed by atoms with Gasteiger partial charge in [-0.3, -0.25) is 0 Å². The van der Waals surface area contributed by atoms with Gasteiger partial charge in [0.05, 0.1) is 11.0 Å². The Morgan fingerprint density at radius 3 is 1.41 bits per heavy atom. The minimum Gasteiger partial charge on any atom is -0.309 e. The molecule has 8 rings (SSSR count). The van der Waals surface area contributed by atoms with E-state index in [2.05, 4.69) is 184 Å². The second-order valence-electron chi connectivity index (χ2n) is 14.4. The summed E-state index contributed by atoms with van der Waals surface area (Å²) in [5, 5.41) is 8.27. The maximum atomic E-state index is 2.61. The number of fused-ring (bicyclic) bond motifs is 4. The van der Waals surface area contributed by atoms with E-state index in [1.54, 1.807) is 0 Å². The van der Waals surface area contributed by atoms with Crippen molar-refractivity contribution in [1.29, 1.82) is 0 Å². The quantitative estimate of drug-likeness (QED) is 0.136. The zero-order valence-corrected chi connectivity index (χ0v) is 28.3. The van der Waals surface area contributed by atoms with E-state index in [9.17, 15) is 0 Å². The van der Waals surface area contributed by atoms with Crippen LogP contribution in [0.25, 0.3) is 27.5 Å². The molecule has 1 aromatic heterocycles. The molecule has 0 bridgehead atoms. The zero-order valence-electron chi connectivity index (χ0n) is 27.3. The predicted molar refractivity (Wildman–Crippen MR) is 200 cm³/mol. The number of hydrogen-bond acceptors (Lipinski definition) is 0. The molecule has 226 valence electrons. The van der Waals surface area contributed by atoms with Gasteiger partial charge in [-0.05, 0) is 79.8 Å². The van der Waals surface area contributed by atoms with Gasteiger partial charge in [-0.2, -0.15) is 0 Å². The number of aromatic nitrogens is 1. The van der Waals surface area contributed by atoms with E-state index in [-0.39, 0.29) is 10.8 Å². The van der Waals surface area contributed by atoms with Gasteiger partial charge in [0.1, 0.15) is 0 Å². The lowest BCUT2D eigenvalue weighted by Crippen LogP contribution is -2.74. The van der Waals surface area contributed by atoms with Crippen molar-refractivity contribution < 1.29 is 0 Å². The van der Waals surface area contributed by atoms with Crippen molar-refractivity contribution in [2.45, 2.75) is 51.4 Å². The first kappa shape index (κ1) is 28.8. The Morgan fingerprint density at radius 1 is 0.435 bits per heavy atom. The highest BCUT2D eigenvalue weighted by atomic mass is 28.3. The fourth-order valence-corrected chi connectivity index (χ4v) is 13.0. The molecule has 0 N–H and O–H groups in total. The molecule has 0 radical (unpaired) electrons. The van der Waals surface area contributed by atoms with Crippen LogP contribution in [-0.2, 0) is 10.8 Å². The van der Waals surface area contributed by atoms with Crippen LogP contribution >= 0.6 is 0 Å². The molecule has 1 aliphatic carbocycles. The number of nitrogens with zero attached hydrogens (tertiary/aromatic N) is 1. The van der Waals surface area contributed by atoms with E-state index in [1.165, 1.54) is 72.2 Å². The monoisotopic (exact) mass is 611 g/mol. The maximum absolute atomic E-state index is 2.69. The average molecular weight is 612 g/mol. The molecule has 0 unspecified atom stereocenters. The number of rotatable bonds is 5. The smallest absolute Gasteiger partial charge is 0.179 e. The average Bonchev–Trinajstić information content (AvgIpc) is 3.43. The molecule has 0 saturated heterocycles. The van der Waals surface area contributed by atoms with Crippen LogP contribution in [0.15, 0.2) is 152 Å². The topological polar surface area (TPSA) is 4.93 Å². The van der Waals surface area contributed by atoms with E-state index in [1.807, 2.05) is 0 Å². The van der Waals surface area contributed by atoms with E-state index >= 15 is 0 Å². The van der Waals surface area contributed by atoms with E-state index in [4.69, 9.17) is 0 Å². The van der Waals surface area contributed by atoms with Crippen molar-refractivity contribution in [2.24, 2.45) is 0 Å². The molecule has 0 fully saturated rings. The third-order valence-corrected chi connectivity index (χ3v) is 15.6. The van der Waals surface area contributed by atoms with Crippen molar-refractivity contribution in [1.82, 2.24) is 4.57 Å². The van der Waals surface area contributed by atoms with Crippen LogP contribution in [-0.4, -0.2) is 12.6 Å². The molecule has 0 amide bonds. The molecule has 0 spiro atoms. The maximum Gasteiger partial charge on any atom is 0.179 e. The van der Waals surface area contributed by atoms with Crippen molar-refractivity contribution >= 4 is 50.6 Å². The largest absolute Gasteiger partial charge is 0.309 e. The Labute approximate surface area is 274 Å². The Hall–Kier alpha value is -4.66. The minimum absolute atomic E-state index is 0.134. The normalized spacial score (nSPS) is 15.6. The SMILES string of the molecule is CC1(C)CCC(C)(C)c2cc([Si](c3ccccc3)(c3ccccc3)c3ccc(-n4c5ccccc5c5ccccc54)cc3)ccc21. The summed E-state index contributed by atoms with van der Waals surface area (Å²) in [4.78, 5) is 0. The van der Waals surface area contributed by atoms with Crippen LogP contribution in [0.2, 0.25) is 0 Å². The molecule has 0 atom stereocenters. The van der Waals surface area contributed by atoms with Crippen LogP contribution in [0.5, 0.6) is 0 Å². The highest BCUT2D eigenvalue weighted by molar-refractivity contribution is 7.19. The number of para-hydroxylation sites is 2. The molecular formula is C44H41NSi. The molecule has 0 aliphatic heterocycles. The first-order valence-corrected chi connectivity index (χ1v) is 18.7. The Kier molecular flexibility index (Phi) is 6.70. The molecule has 0 saturated carbocycles. The van der Waals surface area contributed by atoms with Gasteiger partial charge in [-0.1, -0.05) is 155 Å². The molecule has 1 heterocycles.